The first-order chi connectivity index (χ1) is 13.3. The van der Waals surface area contributed by atoms with Gasteiger partial charge >= 0.3 is 5.69 Å². The SMILES string of the molecule is CCC(Oc1ccc(Cl)cc1Cl)C(=O)NCc1ccc2c(c1)n(C)c(=O)n2C. The molecular weight excluding hydrogens is 401 g/mol. The molecule has 1 amide bonds. The van der Waals surface area contributed by atoms with Crippen LogP contribution in [-0.4, -0.2) is 21.1 Å². The zero-order chi connectivity index (χ0) is 20.4. The highest BCUT2D eigenvalue weighted by molar-refractivity contribution is 6.35. The van der Waals surface area contributed by atoms with Crippen LogP contribution in [0.1, 0.15) is 18.9 Å². The van der Waals surface area contributed by atoms with E-state index in [0.29, 0.717) is 28.8 Å². The van der Waals surface area contributed by atoms with Gasteiger partial charge in [0.05, 0.1) is 16.1 Å². The minimum absolute atomic E-state index is 0.0875. The lowest BCUT2D eigenvalue weighted by Gasteiger charge is -2.18. The van der Waals surface area contributed by atoms with Crippen LogP contribution in [0, 0.1) is 0 Å². The summed E-state index contributed by atoms with van der Waals surface area (Å²) in [7, 11) is 3.46. The minimum atomic E-state index is -0.677. The van der Waals surface area contributed by atoms with E-state index >= 15 is 0 Å². The summed E-state index contributed by atoms with van der Waals surface area (Å²) >= 11 is 12.0. The Morgan fingerprint density at radius 3 is 2.50 bits per heavy atom. The molecule has 0 saturated heterocycles. The maximum Gasteiger partial charge on any atom is 0.328 e. The lowest BCUT2D eigenvalue weighted by molar-refractivity contribution is -0.128. The van der Waals surface area contributed by atoms with Crippen LogP contribution in [0.2, 0.25) is 10.0 Å². The number of aryl methyl sites for hydroxylation is 2. The van der Waals surface area contributed by atoms with Gasteiger partial charge in [-0.3, -0.25) is 13.9 Å². The number of carbonyl (C=O) groups excluding carboxylic acids is 1. The Morgan fingerprint density at radius 1 is 1.11 bits per heavy atom. The summed E-state index contributed by atoms with van der Waals surface area (Å²) in [5.41, 5.74) is 2.46. The number of hydrogen-bond donors (Lipinski definition) is 1. The summed E-state index contributed by atoms with van der Waals surface area (Å²) < 4.78 is 8.93. The van der Waals surface area contributed by atoms with Crippen LogP contribution in [0.5, 0.6) is 5.75 Å². The van der Waals surface area contributed by atoms with E-state index in [1.165, 1.54) is 0 Å². The molecule has 1 unspecified atom stereocenters. The maximum atomic E-state index is 12.6. The molecule has 3 rings (SSSR count). The van der Waals surface area contributed by atoms with Crippen molar-refractivity contribution in [3.8, 4) is 5.75 Å². The first-order valence-electron chi connectivity index (χ1n) is 8.85. The Balaban J connectivity index is 1.70. The van der Waals surface area contributed by atoms with Crippen LogP contribution in [0.4, 0.5) is 0 Å². The van der Waals surface area contributed by atoms with Gasteiger partial charge in [0.15, 0.2) is 6.10 Å². The van der Waals surface area contributed by atoms with Crippen molar-refractivity contribution < 1.29 is 9.53 Å². The molecule has 0 saturated carbocycles. The Kier molecular flexibility index (Phi) is 6.01. The van der Waals surface area contributed by atoms with Gasteiger partial charge in [0, 0.05) is 25.7 Å². The number of nitrogens with one attached hydrogen (secondary N) is 1. The van der Waals surface area contributed by atoms with E-state index in [0.717, 1.165) is 16.6 Å². The molecule has 1 heterocycles. The van der Waals surface area contributed by atoms with Crippen LogP contribution in [0.15, 0.2) is 41.2 Å². The lowest BCUT2D eigenvalue weighted by atomic mass is 10.2. The number of aromatic nitrogens is 2. The average molecular weight is 422 g/mol. The van der Waals surface area contributed by atoms with Gasteiger partial charge in [-0.05, 0) is 42.3 Å². The van der Waals surface area contributed by atoms with Gasteiger partial charge in [-0.1, -0.05) is 36.2 Å². The molecule has 0 aliphatic rings. The van der Waals surface area contributed by atoms with Gasteiger partial charge in [-0.15, -0.1) is 0 Å². The largest absolute Gasteiger partial charge is 0.479 e. The van der Waals surface area contributed by atoms with Gasteiger partial charge in [0.1, 0.15) is 5.75 Å². The van der Waals surface area contributed by atoms with Crippen LogP contribution in [0.25, 0.3) is 11.0 Å². The fourth-order valence-electron chi connectivity index (χ4n) is 3.01. The van der Waals surface area contributed by atoms with Crippen molar-refractivity contribution in [1.29, 1.82) is 0 Å². The van der Waals surface area contributed by atoms with Crippen molar-refractivity contribution in [2.75, 3.05) is 0 Å². The van der Waals surface area contributed by atoms with Crippen molar-refractivity contribution in [3.05, 3.63) is 62.5 Å². The Bertz CT molecular complexity index is 1090. The molecule has 0 radical (unpaired) electrons. The number of amides is 1. The normalized spacial score (nSPS) is 12.2. The maximum absolute atomic E-state index is 12.6. The molecule has 2 aromatic carbocycles. The third-order valence-corrected chi connectivity index (χ3v) is 5.16. The summed E-state index contributed by atoms with van der Waals surface area (Å²) in [4.78, 5) is 24.6. The number of nitrogens with zero attached hydrogens (tertiary/aromatic N) is 2. The second-order valence-corrected chi connectivity index (χ2v) is 7.37. The number of hydrogen-bond acceptors (Lipinski definition) is 3. The molecule has 6 nitrogen and oxygen atoms in total. The highest BCUT2D eigenvalue weighted by Gasteiger charge is 2.19. The Labute approximate surface area is 172 Å². The molecule has 3 aromatic rings. The number of carbonyl (C=O) groups is 1. The number of benzene rings is 2. The predicted molar refractivity (Wildman–Crippen MR) is 111 cm³/mol. The fraction of sp³-hybridized carbons (Fsp3) is 0.300. The summed E-state index contributed by atoms with van der Waals surface area (Å²) in [5.74, 6) is 0.171. The van der Waals surface area contributed by atoms with E-state index in [-0.39, 0.29) is 11.6 Å². The van der Waals surface area contributed by atoms with Crippen molar-refractivity contribution in [2.24, 2.45) is 14.1 Å². The zero-order valence-electron chi connectivity index (χ0n) is 15.8. The molecular formula is C20H21Cl2N3O3. The van der Waals surface area contributed by atoms with Crippen molar-refractivity contribution in [2.45, 2.75) is 26.0 Å². The summed E-state index contributed by atoms with van der Waals surface area (Å²) in [6.45, 7) is 2.19. The summed E-state index contributed by atoms with van der Waals surface area (Å²) in [6.07, 6.45) is -0.194. The van der Waals surface area contributed by atoms with Crippen LogP contribution in [-0.2, 0) is 25.4 Å². The van der Waals surface area contributed by atoms with Crippen LogP contribution >= 0.6 is 23.2 Å². The Morgan fingerprint density at radius 2 is 1.82 bits per heavy atom. The number of fused-ring (bicyclic) bond motifs is 1. The zero-order valence-corrected chi connectivity index (χ0v) is 17.3. The van der Waals surface area contributed by atoms with E-state index in [2.05, 4.69) is 5.32 Å². The molecule has 1 atom stereocenters. The standard InChI is InChI=1S/C20H21Cl2N3O3/c1-4-17(28-18-8-6-13(21)10-14(18)22)19(26)23-11-12-5-7-15-16(9-12)25(3)20(27)24(15)2/h5-10,17H,4,11H2,1-3H3,(H,23,26). The number of halogens is 2. The highest BCUT2D eigenvalue weighted by atomic mass is 35.5. The lowest BCUT2D eigenvalue weighted by Crippen LogP contribution is -2.37. The third kappa shape index (κ3) is 4.03. The third-order valence-electron chi connectivity index (χ3n) is 4.63. The first kappa shape index (κ1) is 20.3. The second kappa shape index (κ2) is 8.29. The van der Waals surface area contributed by atoms with Crippen LogP contribution < -0.4 is 15.7 Å². The molecule has 0 aliphatic carbocycles. The topological polar surface area (TPSA) is 65.3 Å². The highest BCUT2D eigenvalue weighted by Crippen LogP contribution is 2.28. The van der Waals surface area contributed by atoms with Crippen LogP contribution in [0.3, 0.4) is 0 Å². The van der Waals surface area contributed by atoms with E-state index < -0.39 is 6.10 Å². The molecule has 1 aromatic heterocycles. The average Bonchev–Trinajstić information content (AvgIpc) is 2.89. The molecule has 8 heteroatoms. The molecule has 0 bridgehead atoms. The second-order valence-electron chi connectivity index (χ2n) is 6.53. The van der Waals surface area contributed by atoms with Gasteiger partial charge in [-0.2, -0.15) is 0 Å². The number of ether oxygens (including phenoxy) is 1. The van der Waals surface area contributed by atoms with E-state index in [4.69, 9.17) is 27.9 Å². The Hall–Kier alpha value is -2.44. The first-order valence-corrected chi connectivity index (χ1v) is 9.61. The van der Waals surface area contributed by atoms with Gasteiger partial charge in [0.2, 0.25) is 0 Å². The van der Waals surface area contributed by atoms with Crippen molar-refractivity contribution >= 4 is 40.1 Å². The molecule has 0 fully saturated rings. The smallest absolute Gasteiger partial charge is 0.328 e. The fourth-order valence-corrected chi connectivity index (χ4v) is 3.46. The molecule has 1 N–H and O–H groups in total. The minimum Gasteiger partial charge on any atom is -0.479 e. The van der Waals surface area contributed by atoms with Gasteiger partial charge < -0.3 is 10.1 Å². The van der Waals surface area contributed by atoms with Gasteiger partial charge in [-0.25, -0.2) is 4.79 Å². The van der Waals surface area contributed by atoms with E-state index in [1.807, 2.05) is 25.1 Å². The van der Waals surface area contributed by atoms with Crippen molar-refractivity contribution in [3.63, 3.8) is 0 Å². The molecule has 0 aliphatic heterocycles. The number of imidazole rings is 1. The monoisotopic (exact) mass is 421 g/mol. The number of rotatable bonds is 6. The van der Waals surface area contributed by atoms with E-state index in [9.17, 15) is 9.59 Å². The van der Waals surface area contributed by atoms with Crippen molar-refractivity contribution in [1.82, 2.24) is 14.5 Å². The predicted octanol–water partition coefficient (Wildman–Crippen LogP) is 3.66. The molecule has 0 spiro atoms. The molecule has 28 heavy (non-hydrogen) atoms. The van der Waals surface area contributed by atoms with E-state index in [1.54, 1.807) is 41.4 Å². The summed E-state index contributed by atoms with van der Waals surface area (Å²) in [6, 6.07) is 10.5. The summed E-state index contributed by atoms with van der Waals surface area (Å²) in [5, 5.41) is 3.74. The van der Waals surface area contributed by atoms with Gasteiger partial charge in [0.25, 0.3) is 5.91 Å². The molecule has 148 valence electrons. The quantitative estimate of drug-likeness (QED) is 0.660.